The Hall–Kier alpha value is -1.38. The van der Waals surface area contributed by atoms with Gasteiger partial charge in [-0.3, -0.25) is 0 Å². The molecule has 1 atom stereocenters. The van der Waals surface area contributed by atoms with E-state index in [-0.39, 0.29) is 5.54 Å². The molecule has 2 rings (SSSR count). The summed E-state index contributed by atoms with van der Waals surface area (Å²) in [7, 11) is 6.47. The average Bonchev–Trinajstić information content (AvgIpc) is 2.52. The summed E-state index contributed by atoms with van der Waals surface area (Å²) >= 11 is 0. The molecule has 0 radical (unpaired) electrons. The molecule has 0 saturated heterocycles. The van der Waals surface area contributed by atoms with E-state index in [0.29, 0.717) is 6.04 Å². The van der Waals surface area contributed by atoms with E-state index >= 15 is 0 Å². The first-order chi connectivity index (χ1) is 10.1. The first kappa shape index (κ1) is 16.0. The Kier molecular flexibility index (Phi) is 5.02. The third-order valence-corrected chi connectivity index (χ3v) is 5.08. The van der Waals surface area contributed by atoms with Crippen LogP contribution in [0.25, 0.3) is 10.8 Å². The minimum absolute atomic E-state index is 0.124. The van der Waals surface area contributed by atoms with Crippen LogP contribution in [0.5, 0.6) is 0 Å². The van der Waals surface area contributed by atoms with Crippen LogP contribution in [0, 0.1) is 0 Å². The molecule has 2 aromatic rings. The maximum Gasteiger partial charge on any atom is 0.0510 e. The molecule has 21 heavy (non-hydrogen) atoms. The van der Waals surface area contributed by atoms with Crippen LogP contribution >= 0.6 is 0 Å². The lowest BCUT2D eigenvalue weighted by molar-refractivity contribution is 0.0924. The zero-order valence-electron chi connectivity index (χ0n) is 14.0. The fourth-order valence-corrected chi connectivity index (χ4v) is 3.76. The molecule has 0 amide bonds. The quantitative estimate of drug-likeness (QED) is 0.854. The molecule has 2 nitrogen and oxygen atoms in total. The Labute approximate surface area is 129 Å². The van der Waals surface area contributed by atoms with Gasteiger partial charge in [0.2, 0.25) is 0 Å². The van der Waals surface area contributed by atoms with Crippen LogP contribution in [0.4, 0.5) is 0 Å². The third-order valence-electron chi connectivity index (χ3n) is 5.08. The van der Waals surface area contributed by atoms with Crippen molar-refractivity contribution < 1.29 is 0 Å². The Morgan fingerprint density at radius 3 is 2.19 bits per heavy atom. The van der Waals surface area contributed by atoms with Crippen molar-refractivity contribution in [1.29, 1.82) is 0 Å². The second-order valence-corrected chi connectivity index (χ2v) is 6.00. The summed E-state index contributed by atoms with van der Waals surface area (Å²) in [5, 5.41) is 6.26. The van der Waals surface area contributed by atoms with Crippen molar-refractivity contribution in [2.75, 3.05) is 21.1 Å². The molecule has 0 bridgehead atoms. The van der Waals surface area contributed by atoms with Crippen molar-refractivity contribution in [2.24, 2.45) is 0 Å². The predicted octanol–water partition coefficient (Wildman–Crippen LogP) is 4.22. The molecule has 0 aromatic heterocycles. The number of nitrogens with zero attached hydrogens (tertiary/aromatic N) is 1. The highest BCUT2D eigenvalue weighted by Gasteiger charge is 2.38. The molecule has 0 spiro atoms. The molecule has 0 aliphatic carbocycles. The number of hydrogen-bond donors (Lipinski definition) is 1. The van der Waals surface area contributed by atoms with Gasteiger partial charge in [-0.15, -0.1) is 0 Å². The summed E-state index contributed by atoms with van der Waals surface area (Å²) < 4.78 is 0. The minimum Gasteiger partial charge on any atom is -0.311 e. The third kappa shape index (κ3) is 2.70. The monoisotopic (exact) mass is 284 g/mol. The molecule has 0 fully saturated rings. The summed E-state index contributed by atoms with van der Waals surface area (Å²) in [5.74, 6) is 0. The lowest BCUT2D eigenvalue weighted by Gasteiger charge is -2.45. The number of benzene rings is 2. The SMILES string of the molecule is CCC(CC)(C(NC)c1cccc2ccccc12)N(C)C. The van der Waals surface area contributed by atoms with Crippen molar-refractivity contribution in [3.63, 3.8) is 0 Å². The van der Waals surface area contributed by atoms with Gasteiger partial charge in [-0.2, -0.15) is 0 Å². The second-order valence-electron chi connectivity index (χ2n) is 6.00. The van der Waals surface area contributed by atoms with Crippen LogP contribution in [0.2, 0.25) is 0 Å². The molecule has 0 aliphatic heterocycles. The van der Waals surface area contributed by atoms with Gasteiger partial charge in [-0.25, -0.2) is 0 Å². The summed E-state index contributed by atoms with van der Waals surface area (Å²) in [6.07, 6.45) is 2.23. The van der Waals surface area contributed by atoms with Gasteiger partial charge >= 0.3 is 0 Å². The number of likely N-dealkylation sites (N-methyl/N-ethyl adjacent to an activating group) is 2. The van der Waals surface area contributed by atoms with Crippen LogP contribution in [0.15, 0.2) is 42.5 Å². The summed E-state index contributed by atoms with van der Waals surface area (Å²) in [5.41, 5.74) is 1.52. The van der Waals surface area contributed by atoms with Gasteiger partial charge in [-0.1, -0.05) is 56.3 Å². The maximum atomic E-state index is 3.59. The second kappa shape index (κ2) is 6.59. The highest BCUT2D eigenvalue weighted by molar-refractivity contribution is 5.86. The fraction of sp³-hybridized carbons (Fsp3) is 0.474. The van der Waals surface area contributed by atoms with Gasteiger partial charge in [0, 0.05) is 5.54 Å². The standard InChI is InChI=1S/C19H28N2/c1-6-19(7-2,21(4)5)18(20-3)17-14-10-12-15-11-8-9-13-16(15)17/h8-14,18,20H,6-7H2,1-5H3. The van der Waals surface area contributed by atoms with Crippen LogP contribution in [0.1, 0.15) is 38.3 Å². The molecule has 1 N–H and O–H groups in total. The average molecular weight is 284 g/mol. The lowest BCUT2D eigenvalue weighted by atomic mass is 9.78. The first-order valence-corrected chi connectivity index (χ1v) is 7.93. The normalized spacial score (nSPS) is 13.8. The predicted molar refractivity (Wildman–Crippen MR) is 92.7 cm³/mol. The van der Waals surface area contributed by atoms with E-state index in [0.717, 1.165) is 12.8 Å². The van der Waals surface area contributed by atoms with E-state index in [1.54, 1.807) is 0 Å². The largest absolute Gasteiger partial charge is 0.311 e. The molecule has 0 saturated carbocycles. The van der Waals surface area contributed by atoms with Crippen molar-refractivity contribution in [2.45, 2.75) is 38.3 Å². The van der Waals surface area contributed by atoms with Gasteiger partial charge in [0.25, 0.3) is 0 Å². The molecule has 1 unspecified atom stereocenters. The molecular formula is C19H28N2. The van der Waals surface area contributed by atoms with Gasteiger partial charge in [0.15, 0.2) is 0 Å². The van der Waals surface area contributed by atoms with Crippen molar-refractivity contribution in [3.05, 3.63) is 48.0 Å². The zero-order chi connectivity index (χ0) is 15.5. The Bertz CT molecular complexity index is 580. The number of fused-ring (bicyclic) bond motifs is 1. The summed E-state index contributed by atoms with van der Waals surface area (Å²) in [6.45, 7) is 4.58. The van der Waals surface area contributed by atoms with E-state index in [1.807, 2.05) is 0 Å². The number of nitrogens with one attached hydrogen (secondary N) is 1. The van der Waals surface area contributed by atoms with Crippen molar-refractivity contribution in [3.8, 4) is 0 Å². The zero-order valence-corrected chi connectivity index (χ0v) is 14.0. The van der Waals surface area contributed by atoms with E-state index in [9.17, 15) is 0 Å². The van der Waals surface area contributed by atoms with E-state index in [4.69, 9.17) is 0 Å². The molecule has 2 heteroatoms. The summed E-state index contributed by atoms with van der Waals surface area (Å²) in [4.78, 5) is 2.38. The number of hydrogen-bond acceptors (Lipinski definition) is 2. The highest BCUT2D eigenvalue weighted by Crippen LogP contribution is 2.38. The minimum atomic E-state index is 0.124. The Morgan fingerprint density at radius 2 is 1.62 bits per heavy atom. The van der Waals surface area contributed by atoms with Crippen LogP contribution in [0.3, 0.4) is 0 Å². The van der Waals surface area contributed by atoms with Crippen LogP contribution in [-0.4, -0.2) is 31.6 Å². The maximum absolute atomic E-state index is 3.59. The number of rotatable bonds is 6. The Balaban J connectivity index is 2.63. The molecule has 2 aromatic carbocycles. The fourth-order valence-electron chi connectivity index (χ4n) is 3.76. The first-order valence-electron chi connectivity index (χ1n) is 7.93. The Morgan fingerprint density at radius 1 is 1.00 bits per heavy atom. The topological polar surface area (TPSA) is 15.3 Å². The van der Waals surface area contributed by atoms with Crippen LogP contribution in [-0.2, 0) is 0 Å². The van der Waals surface area contributed by atoms with E-state index in [1.165, 1.54) is 16.3 Å². The smallest absolute Gasteiger partial charge is 0.0510 e. The van der Waals surface area contributed by atoms with E-state index in [2.05, 4.69) is 87.7 Å². The highest BCUT2D eigenvalue weighted by atomic mass is 15.2. The van der Waals surface area contributed by atoms with Gasteiger partial charge < -0.3 is 10.2 Å². The molecular weight excluding hydrogens is 256 g/mol. The molecule has 0 heterocycles. The van der Waals surface area contributed by atoms with Crippen LogP contribution < -0.4 is 5.32 Å². The lowest BCUT2D eigenvalue weighted by Crippen LogP contribution is -2.52. The van der Waals surface area contributed by atoms with Gasteiger partial charge in [0.1, 0.15) is 0 Å². The van der Waals surface area contributed by atoms with Crippen molar-refractivity contribution >= 4 is 10.8 Å². The van der Waals surface area contributed by atoms with E-state index < -0.39 is 0 Å². The molecule has 114 valence electrons. The van der Waals surface area contributed by atoms with Crippen molar-refractivity contribution in [1.82, 2.24) is 10.2 Å². The summed E-state index contributed by atoms with van der Waals surface area (Å²) in [6, 6.07) is 15.6. The molecule has 0 aliphatic rings. The van der Waals surface area contributed by atoms with Gasteiger partial charge in [0.05, 0.1) is 6.04 Å². The van der Waals surface area contributed by atoms with Gasteiger partial charge in [-0.05, 0) is 50.3 Å².